The lowest BCUT2D eigenvalue weighted by Crippen LogP contribution is -2.37. The van der Waals surface area contributed by atoms with Crippen LogP contribution in [-0.4, -0.2) is 19.5 Å². The van der Waals surface area contributed by atoms with E-state index >= 15 is 0 Å². The molecule has 1 aromatic carbocycles. The Morgan fingerprint density at radius 2 is 2.06 bits per heavy atom. The predicted octanol–water partition coefficient (Wildman–Crippen LogP) is 2.41. The Labute approximate surface area is 96.5 Å². The van der Waals surface area contributed by atoms with Crippen molar-refractivity contribution < 1.29 is 4.79 Å². The maximum atomic E-state index is 12.0. The number of hydrogen-bond donors (Lipinski definition) is 1. The summed E-state index contributed by atoms with van der Waals surface area (Å²) in [6.07, 6.45) is 0. The molecular formula is C13H18N2O. The third-order valence-corrected chi connectivity index (χ3v) is 3.06. The van der Waals surface area contributed by atoms with Gasteiger partial charge in [0.1, 0.15) is 0 Å². The molecule has 0 aromatic heterocycles. The summed E-state index contributed by atoms with van der Waals surface area (Å²) < 4.78 is 0. The van der Waals surface area contributed by atoms with E-state index in [1.165, 1.54) is 5.56 Å². The van der Waals surface area contributed by atoms with E-state index in [0.717, 1.165) is 17.9 Å². The Morgan fingerprint density at radius 3 is 2.75 bits per heavy atom. The van der Waals surface area contributed by atoms with Gasteiger partial charge in [-0.25, -0.2) is 0 Å². The smallest absolute Gasteiger partial charge is 0.231 e. The van der Waals surface area contributed by atoms with E-state index in [9.17, 15) is 4.79 Å². The zero-order valence-electron chi connectivity index (χ0n) is 10.3. The van der Waals surface area contributed by atoms with E-state index in [4.69, 9.17) is 0 Å². The second-order valence-corrected chi connectivity index (χ2v) is 5.21. The predicted molar refractivity (Wildman–Crippen MR) is 66.9 cm³/mol. The lowest BCUT2D eigenvalue weighted by molar-refractivity contribution is -0.123. The highest BCUT2D eigenvalue weighted by molar-refractivity contribution is 5.99. The first-order valence-electron chi connectivity index (χ1n) is 5.53. The normalized spacial score (nSPS) is 18.8. The molecule has 0 aliphatic carbocycles. The summed E-state index contributed by atoms with van der Waals surface area (Å²) in [6.45, 7) is 6.73. The van der Waals surface area contributed by atoms with Crippen LogP contribution in [0, 0.1) is 12.3 Å². The van der Waals surface area contributed by atoms with Gasteiger partial charge in [-0.15, -0.1) is 0 Å². The van der Waals surface area contributed by atoms with E-state index in [2.05, 4.69) is 23.2 Å². The first kappa shape index (κ1) is 11.0. The van der Waals surface area contributed by atoms with E-state index < -0.39 is 0 Å². The van der Waals surface area contributed by atoms with Crippen LogP contribution in [0.5, 0.6) is 0 Å². The molecule has 0 saturated carbocycles. The average molecular weight is 218 g/mol. The van der Waals surface area contributed by atoms with Gasteiger partial charge < -0.3 is 10.2 Å². The standard InChI is InChI=1S/C13H18N2O/c1-9-5-6-10-11(7-9)15(4)8-13(2,3)12(16)14-10/h5-7H,8H2,1-4H3,(H,14,16). The number of carbonyl (C=O) groups excluding carboxylic acids is 1. The van der Waals surface area contributed by atoms with E-state index in [1.807, 2.05) is 33.0 Å². The van der Waals surface area contributed by atoms with Crippen LogP contribution >= 0.6 is 0 Å². The first-order chi connectivity index (χ1) is 7.40. The van der Waals surface area contributed by atoms with Crippen LogP contribution in [0.4, 0.5) is 11.4 Å². The number of aryl methyl sites for hydroxylation is 1. The zero-order chi connectivity index (χ0) is 11.9. The zero-order valence-corrected chi connectivity index (χ0v) is 10.3. The van der Waals surface area contributed by atoms with Crippen LogP contribution in [0.25, 0.3) is 0 Å². The molecule has 1 heterocycles. The molecule has 1 aliphatic heterocycles. The van der Waals surface area contributed by atoms with E-state index in [1.54, 1.807) is 0 Å². The highest BCUT2D eigenvalue weighted by Gasteiger charge is 2.33. The third kappa shape index (κ3) is 1.77. The van der Waals surface area contributed by atoms with Crippen molar-refractivity contribution in [2.45, 2.75) is 20.8 Å². The Kier molecular flexibility index (Phi) is 2.41. The maximum Gasteiger partial charge on any atom is 0.231 e. The van der Waals surface area contributed by atoms with Crippen LogP contribution in [0.2, 0.25) is 0 Å². The van der Waals surface area contributed by atoms with Crippen LogP contribution in [0.1, 0.15) is 19.4 Å². The van der Waals surface area contributed by atoms with Crippen molar-refractivity contribution in [2.75, 3.05) is 23.8 Å². The summed E-state index contributed by atoms with van der Waals surface area (Å²) in [5, 5.41) is 2.99. The topological polar surface area (TPSA) is 32.3 Å². The summed E-state index contributed by atoms with van der Waals surface area (Å²) >= 11 is 0. The van der Waals surface area contributed by atoms with Crippen LogP contribution in [-0.2, 0) is 4.79 Å². The SMILES string of the molecule is Cc1ccc2c(c1)N(C)CC(C)(C)C(=O)N2. The van der Waals surface area contributed by atoms with Gasteiger partial charge in [-0.05, 0) is 38.5 Å². The van der Waals surface area contributed by atoms with Gasteiger partial charge in [-0.2, -0.15) is 0 Å². The largest absolute Gasteiger partial charge is 0.372 e. The number of fused-ring (bicyclic) bond motifs is 1. The number of hydrogen-bond acceptors (Lipinski definition) is 2. The van der Waals surface area contributed by atoms with Gasteiger partial charge in [-0.3, -0.25) is 4.79 Å². The number of carbonyl (C=O) groups is 1. The molecule has 3 heteroatoms. The lowest BCUT2D eigenvalue weighted by Gasteiger charge is -2.26. The van der Waals surface area contributed by atoms with E-state index in [0.29, 0.717) is 0 Å². The minimum atomic E-state index is -0.359. The van der Waals surface area contributed by atoms with Crippen molar-refractivity contribution in [3.8, 4) is 0 Å². The van der Waals surface area contributed by atoms with Crippen LogP contribution < -0.4 is 10.2 Å². The molecule has 0 unspecified atom stereocenters. The first-order valence-corrected chi connectivity index (χ1v) is 5.53. The molecule has 2 rings (SSSR count). The number of nitrogens with zero attached hydrogens (tertiary/aromatic N) is 1. The minimum absolute atomic E-state index is 0.0851. The molecule has 3 nitrogen and oxygen atoms in total. The Hall–Kier alpha value is -1.51. The van der Waals surface area contributed by atoms with Crippen LogP contribution in [0.3, 0.4) is 0 Å². The molecule has 0 spiro atoms. The molecule has 16 heavy (non-hydrogen) atoms. The van der Waals surface area contributed by atoms with Gasteiger partial charge in [0.2, 0.25) is 5.91 Å². The van der Waals surface area contributed by atoms with E-state index in [-0.39, 0.29) is 11.3 Å². The van der Waals surface area contributed by atoms with Crippen molar-refractivity contribution in [3.05, 3.63) is 23.8 Å². The molecular weight excluding hydrogens is 200 g/mol. The molecule has 1 aliphatic rings. The molecule has 0 bridgehead atoms. The molecule has 0 radical (unpaired) electrons. The maximum absolute atomic E-state index is 12.0. The van der Waals surface area contributed by atoms with Gasteiger partial charge in [0.25, 0.3) is 0 Å². The van der Waals surface area contributed by atoms with Crippen molar-refractivity contribution in [1.82, 2.24) is 0 Å². The fourth-order valence-electron chi connectivity index (χ4n) is 2.10. The molecule has 1 amide bonds. The summed E-state index contributed by atoms with van der Waals surface area (Å²) in [7, 11) is 2.03. The number of rotatable bonds is 0. The van der Waals surface area contributed by atoms with Crippen molar-refractivity contribution in [1.29, 1.82) is 0 Å². The highest BCUT2D eigenvalue weighted by atomic mass is 16.2. The van der Waals surface area contributed by atoms with Crippen molar-refractivity contribution in [2.24, 2.45) is 5.41 Å². The average Bonchev–Trinajstić information content (AvgIpc) is 2.26. The number of amides is 1. The Bertz CT molecular complexity index is 438. The second kappa shape index (κ2) is 3.51. The summed E-state index contributed by atoms with van der Waals surface area (Å²) in [4.78, 5) is 14.1. The highest BCUT2D eigenvalue weighted by Crippen LogP contribution is 2.33. The fraction of sp³-hybridized carbons (Fsp3) is 0.462. The van der Waals surface area contributed by atoms with Crippen LogP contribution in [0.15, 0.2) is 18.2 Å². The Balaban J connectivity index is 2.49. The quantitative estimate of drug-likeness (QED) is 0.725. The van der Waals surface area contributed by atoms with Crippen molar-refractivity contribution >= 4 is 17.3 Å². The minimum Gasteiger partial charge on any atom is -0.372 e. The van der Waals surface area contributed by atoms with Gasteiger partial charge in [0.15, 0.2) is 0 Å². The van der Waals surface area contributed by atoms with Gasteiger partial charge in [0.05, 0.1) is 16.8 Å². The summed E-state index contributed by atoms with van der Waals surface area (Å²) in [5.41, 5.74) is 2.85. The monoisotopic (exact) mass is 218 g/mol. The van der Waals surface area contributed by atoms with Gasteiger partial charge in [-0.1, -0.05) is 6.07 Å². The molecule has 1 N–H and O–H groups in total. The number of benzene rings is 1. The lowest BCUT2D eigenvalue weighted by atomic mass is 9.92. The molecule has 0 saturated heterocycles. The molecule has 0 fully saturated rings. The van der Waals surface area contributed by atoms with Gasteiger partial charge in [0, 0.05) is 13.6 Å². The molecule has 86 valence electrons. The van der Waals surface area contributed by atoms with Gasteiger partial charge >= 0.3 is 0 Å². The summed E-state index contributed by atoms with van der Waals surface area (Å²) in [5.74, 6) is 0.0851. The molecule has 1 aromatic rings. The summed E-state index contributed by atoms with van der Waals surface area (Å²) in [6, 6.07) is 6.10. The number of nitrogens with one attached hydrogen (secondary N) is 1. The van der Waals surface area contributed by atoms with Crippen molar-refractivity contribution in [3.63, 3.8) is 0 Å². The fourth-order valence-corrected chi connectivity index (χ4v) is 2.10. The second-order valence-electron chi connectivity index (χ2n) is 5.21. The Morgan fingerprint density at radius 1 is 1.38 bits per heavy atom. The molecule has 0 atom stereocenters. The number of anilines is 2. The third-order valence-electron chi connectivity index (χ3n) is 3.06.